The fraction of sp³-hybridized carbons (Fsp3) is 0.733. The summed E-state index contributed by atoms with van der Waals surface area (Å²) in [5, 5.41) is 3.91. The Morgan fingerprint density at radius 3 is 2.43 bits per heavy atom. The summed E-state index contributed by atoms with van der Waals surface area (Å²) in [5.41, 5.74) is 6.15. The number of hydrogen-bond acceptors (Lipinski definition) is 5. The van der Waals surface area contributed by atoms with Crippen molar-refractivity contribution in [3.8, 4) is 0 Å². The van der Waals surface area contributed by atoms with Gasteiger partial charge in [-0.1, -0.05) is 46.0 Å². The van der Waals surface area contributed by atoms with Crippen LogP contribution in [0.4, 0.5) is 10.9 Å². The zero-order chi connectivity index (χ0) is 16.0. The zero-order valence-electron chi connectivity index (χ0n) is 13.8. The minimum Gasteiger partial charge on any atom is -0.382 e. The molecule has 1 fully saturated rings. The van der Waals surface area contributed by atoms with E-state index >= 15 is 0 Å². The van der Waals surface area contributed by atoms with E-state index in [0.717, 1.165) is 18.1 Å². The molecular formula is C15H26N4OS. The highest BCUT2D eigenvalue weighted by molar-refractivity contribution is 7.18. The SMILES string of the molecule is CCCN(C)c1nc(N)c(C(=O)NC2C(C)(C)C2(C)C)s1. The first kappa shape index (κ1) is 16.1. The van der Waals surface area contributed by atoms with Gasteiger partial charge in [0, 0.05) is 19.6 Å². The Hall–Kier alpha value is -1.30. The number of carbonyl (C=O) groups excluding carboxylic acids is 1. The summed E-state index contributed by atoms with van der Waals surface area (Å²) in [6.07, 6.45) is 1.03. The summed E-state index contributed by atoms with van der Waals surface area (Å²) in [4.78, 5) is 19.3. The number of carbonyl (C=O) groups is 1. The molecule has 21 heavy (non-hydrogen) atoms. The van der Waals surface area contributed by atoms with Gasteiger partial charge >= 0.3 is 0 Å². The van der Waals surface area contributed by atoms with E-state index in [-0.39, 0.29) is 22.8 Å². The summed E-state index contributed by atoms with van der Waals surface area (Å²) < 4.78 is 0. The molecule has 1 aromatic rings. The predicted octanol–water partition coefficient (Wildman–Crippen LogP) is 2.74. The number of thiazole rings is 1. The van der Waals surface area contributed by atoms with Gasteiger partial charge in [-0.2, -0.15) is 0 Å². The van der Waals surface area contributed by atoms with Crippen LogP contribution < -0.4 is 16.0 Å². The topological polar surface area (TPSA) is 71.2 Å². The molecule has 0 radical (unpaired) electrons. The van der Waals surface area contributed by atoms with Gasteiger partial charge in [-0.25, -0.2) is 4.98 Å². The minimum absolute atomic E-state index is 0.107. The average molecular weight is 310 g/mol. The van der Waals surface area contributed by atoms with Crippen molar-refractivity contribution in [3.63, 3.8) is 0 Å². The molecule has 1 aliphatic rings. The average Bonchev–Trinajstić information content (AvgIpc) is 2.70. The molecule has 0 unspecified atom stereocenters. The summed E-state index contributed by atoms with van der Waals surface area (Å²) in [6, 6.07) is 0.177. The van der Waals surface area contributed by atoms with Gasteiger partial charge in [-0.3, -0.25) is 4.79 Å². The van der Waals surface area contributed by atoms with Crippen molar-refractivity contribution in [1.82, 2.24) is 10.3 Å². The quantitative estimate of drug-likeness (QED) is 0.877. The van der Waals surface area contributed by atoms with Crippen molar-refractivity contribution in [1.29, 1.82) is 0 Å². The first-order chi connectivity index (χ1) is 9.62. The Kier molecular flexibility index (Phi) is 3.95. The highest BCUT2D eigenvalue weighted by Gasteiger charge is 2.65. The molecule has 1 aliphatic carbocycles. The van der Waals surface area contributed by atoms with Crippen LogP contribution in [-0.4, -0.2) is 30.5 Å². The Morgan fingerprint density at radius 2 is 1.95 bits per heavy atom. The van der Waals surface area contributed by atoms with Crippen LogP contribution in [0.25, 0.3) is 0 Å². The highest BCUT2D eigenvalue weighted by atomic mass is 32.1. The molecule has 0 aromatic carbocycles. The number of anilines is 2. The maximum atomic E-state index is 12.4. The fourth-order valence-corrected chi connectivity index (χ4v) is 3.71. The van der Waals surface area contributed by atoms with Crippen molar-refractivity contribution in [2.24, 2.45) is 10.8 Å². The smallest absolute Gasteiger partial charge is 0.265 e. The molecule has 1 amide bonds. The number of nitrogen functional groups attached to an aromatic ring is 1. The molecule has 6 heteroatoms. The molecule has 118 valence electrons. The lowest BCUT2D eigenvalue weighted by Gasteiger charge is -2.13. The maximum Gasteiger partial charge on any atom is 0.265 e. The van der Waals surface area contributed by atoms with Gasteiger partial charge in [0.05, 0.1) is 0 Å². The van der Waals surface area contributed by atoms with E-state index in [1.165, 1.54) is 11.3 Å². The van der Waals surface area contributed by atoms with E-state index in [4.69, 9.17) is 5.73 Å². The molecule has 0 saturated heterocycles. The summed E-state index contributed by atoms with van der Waals surface area (Å²) >= 11 is 1.36. The largest absolute Gasteiger partial charge is 0.382 e. The molecule has 0 atom stereocenters. The zero-order valence-corrected chi connectivity index (χ0v) is 14.6. The molecule has 1 heterocycles. The van der Waals surface area contributed by atoms with Crippen molar-refractivity contribution < 1.29 is 4.79 Å². The maximum absolute atomic E-state index is 12.4. The number of nitrogens with zero attached hydrogens (tertiary/aromatic N) is 2. The number of nitrogens with two attached hydrogens (primary N) is 1. The summed E-state index contributed by atoms with van der Waals surface area (Å²) in [5.74, 6) is 0.219. The van der Waals surface area contributed by atoms with Gasteiger partial charge in [0.15, 0.2) is 5.13 Å². The normalized spacial score (nSPS) is 19.3. The molecular weight excluding hydrogens is 284 g/mol. The Balaban J connectivity index is 2.11. The number of aromatic nitrogens is 1. The van der Waals surface area contributed by atoms with E-state index in [2.05, 4.69) is 44.9 Å². The highest BCUT2D eigenvalue weighted by Crippen LogP contribution is 2.62. The second-order valence-electron chi connectivity index (χ2n) is 6.98. The first-order valence-corrected chi connectivity index (χ1v) is 8.22. The van der Waals surface area contributed by atoms with E-state index in [0.29, 0.717) is 10.7 Å². The van der Waals surface area contributed by atoms with Gasteiger partial charge < -0.3 is 16.0 Å². The van der Waals surface area contributed by atoms with Crippen molar-refractivity contribution in [2.75, 3.05) is 24.2 Å². The van der Waals surface area contributed by atoms with Gasteiger partial charge in [-0.15, -0.1) is 0 Å². The van der Waals surface area contributed by atoms with E-state index in [1.54, 1.807) is 0 Å². The molecule has 5 nitrogen and oxygen atoms in total. The molecule has 1 saturated carbocycles. The lowest BCUT2D eigenvalue weighted by atomic mass is 10.0. The summed E-state index contributed by atoms with van der Waals surface area (Å²) in [7, 11) is 1.97. The second kappa shape index (κ2) is 5.16. The van der Waals surface area contributed by atoms with Crippen LogP contribution in [0.15, 0.2) is 0 Å². The molecule has 1 aromatic heterocycles. The van der Waals surface area contributed by atoms with E-state index < -0.39 is 0 Å². The van der Waals surface area contributed by atoms with Crippen LogP contribution in [0.3, 0.4) is 0 Å². The van der Waals surface area contributed by atoms with Gasteiger partial charge in [0.2, 0.25) is 0 Å². The van der Waals surface area contributed by atoms with Crippen molar-refractivity contribution >= 4 is 28.2 Å². The number of rotatable bonds is 5. The van der Waals surface area contributed by atoms with Crippen LogP contribution in [0.5, 0.6) is 0 Å². The molecule has 3 N–H and O–H groups in total. The van der Waals surface area contributed by atoms with E-state index in [9.17, 15) is 4.79 Å². The van der Waals surface area contributed by atoms with Crippen LogP contribution in [-0.2, 0) is 0 Å². The number of nitrogens with one attached hydrogen (secondary N) is 1. The summed E-state index contributed by atoms with van der Waals surface area (Å²) in [6.45, 7) is 11.7. The number of hydrogen-bond donors (Lipinski definition) is 2. The standard InChI is InChI=1S/C15H26N4OS/c1-7-8-19(6)13-17-10(16)9(21-13)11(20)18-12-14(2,3)15(12,4)5/h12H,7-8,16H2,1-6H3,(H,18,20). The Morgan fingerprint density at radius 1 is 1.38 bits per heavy atom. The lowest BCUT2D eigenvalue weighted by molar-refractivity contribution is 0.0948. The van der Waals surface area contributed by atoms with Crippen LogP contribution in [0, 0.1) is 10.8 Å². The third-order valence-corrected chi connectivity index (χ3v) is 6.21. The minimum atomic E-state index is -0.107. The van der Waals surface area contributed by atoms with Gasteiger partial charge in [0.1, 0.15) is 10.7 Å². The molecule has 2 rings (SSSR count). The lowest BCUT2D eigenvalue weighted by Crippen LogP contribution is -2.29. The first-order valence-electron chi connectivity index (χ1n) is 7.41. The molecule has 0 bridgehead atoms. The molecule has 0 aliphatic heterocycles. The van der Waals surface area contributed by atoms with Crippen molar-refractivity contribution in [2.45, 2.75) is 47.1 Å². The Labute approximate surface area is 130 Å². The third-order valence-electron chi connectivity index (χ3n) is 5.03. The van der Waals surface area contributed by atoms with Crippen LogP contribution >= 0.6 is 11.3 Å². The van der Waals surface area contributed by atoms with E-state index in [1.807, 2.05) is 11.9 Å². The van der Waals surface area contributed by atoms with Gasteiger partial charge in [-0.05, 0) is 17.3 Å². The third kappa shape index (κ3) is 2.61. The molecule has 0 spiro atoms. The predicted molar refractivity (Wildman–Crippen MR) is 88.9 cm³/mol. The van der Waals surface area contributed by atoms with Crippen LogP contribution in [0.2, 0.25) is 0 Å². The Bertz CT molecular complexity index is 536. The monoisotopic (exact) mass is 310 g/mol. The van der Waals surface area contributed by atoms with Gasteiger partial charge in [0.25, 0.3) is 5.91 Å². The second-order valence-corrected chi connectivity index (χ2v) is 7.96. The fourth-order valence-electron chi connectivity index (χ4n) is 2.83. The van der Waals surface area contributed by atoms with Crippen molar-refractivity contribution in [3.05, 3.63) is 4.88 Å². The van der Waals surface area contributed by atoms with Crippen LogP contribution in [0.1, 0.15) is 50.7 Å². The number of amides is 1.